The average Bonchev–Trinajstić information content (AvgIpc) is 2.74. The minimum absolute atomic E-state index is 0.103. The van der Waals surface area contributed by atoms with Crippen LogP contribution in [0.15, 0.2) is 53.4 Å². The average molecular weight is 437 g/mol. The lowest BCUT2D eigenvalue weighted by atomic mass is 9.99. The van der Waals surface area contributed by atoms with Crippen molar-refractivity contribution in [3.8, 4) is 5.75 Å². The van der Waals surface area contributed by atoms with Crippen molar-refractivity contribution in [2.75, 3.05) is 26.7 Å². The van der Waals surface area contributed by atoms with Crippen molar-refractivity contribution < 1.29 is 17.9 Å². The Balaban J connectivity index is 1.61. The minimum atomic E-state index is -3.73. The van der Waals surface area contributed by atoms with Crippen LogP contribution in [0.4, 0.5) is 0 Å². The fourth-order valence-corrected chi connectivity index (χ4v) is 5.32. The monoisotopic (exact) mass is 436 g/mol. The highest BCUT2D eigenvalue weighted by atomic mass is 35.5. The summed E-state index contributed by atoms with van der Waals surface area (Å²) in [5, 5.41) is 3.18. The maximum Gasteiger partial charge on any atom is 0.243 e. The summed E-state index contributed by atoms with van der Waals surface area (Å²) in [7, 11) is -2.25. The van der Waals surface area contributed by atoms with Gasteiger partial charge in [-0.05, 0) is 43.0 Å². The van der Waals surface area contributed by atoms with Crippen molar-refractivity contribution >= 4 is 27.5 Å². The van der Waals surface area contributed by atoms with Crippen molar-refractivity contribution in [2.45, 2.75) is 24.2 Å². The van der Waals surface area contributed by atoms with Crippen molar-refractivity contribution in [3.05, 3.63) is 59.1 Å². The van der Waals surface area contributed by atoms with Crippen molar-refractivity contribution in [1.82, 2.24) is 9.62 Å². The number of amides is 1. The molecule has 0 saturated carbocycles. The predicted molar refractivity (Wildman–Crippen MR) is 113 cm³/mol. The van der Waals surface area contributed by atoms with Gasteiger partial charge in [-0.3, -0.25) is 4.79 Å². The van der Waals surface area contributed by atoms with Gasteiger partial charge in [0.15, 0.2) is 0 Å². The van der Waals surface area contributed by atoms with Crippen LogP contribution in [0.1, 0.15) is 18.4 Å². The van der Waals surface area contributed by atoms with E-state index in [-0.39, 0.29) is 28.3 Å². The van der Waals surface area contributed by atoms with Crippen molar-refractivity contribution in [3.63, 3.8) is 0 Å². The van der Waals surface area contributed by atoms with Gasteiger partial charge < -0.3 is 10.1 Å². The molecule has 1 unspecified atom stereocenters. The molecule has 0 aromatic heterocycles. The molecule has 2 aromatic rings. The molecule has 3 rings (SSSR count). The number of hydrogen-bond donors (Lipinski definition) is 1. The number of halogens is 1. The van der Waals surface area contributed by atoms with E-state index in [2.05, 4.69) is 5.32 Å². The number of carbonyl (C=O) groups is 1. The van der Waals surface area contributed by atoms with Crippen LogP contribution in [0.3, 0.4) is 0 Å². The first-order valence-electron chi connectivity index (χ1n) is 9.57. The summed E-state index contributed by atoms with van der Waals surface area (Å²) >= 11 is 6.09. The van der Waals surface area contributed by atoms with Gasteiger partial charge in [0.2, 0.25) is 15.9 Å². The zero-order valence-electron chi connectivity index (χ0n) is 16.3. The van der Waals surface area contributed by atoms with Crippen LogP contribution in [0, 0.1) is 5.92 Å². The van der Waals surface area contributed by atoms with Crippen LogP contribution < -0.4 is 10.1 Å². The highest BCUT2D eigenvalue weighted by Crippen LogP contribution is 2.30. The summed E-state index contributed by atoms with van der Waals surface area (Å²) in [4.78, 5) is 12.7. The molecule has 0 aliphatic carbocycles. The smallest absolute Gasteiger partial charge is 0.243 e. The van der Waals surface area contributed by atoms with E-state index in [0.717, 1.165) is 12.0 Å². The third-order valence-electron chi connectivity index (χ3n) is 5.07. The number of rotatable bonds is 7. The van der Waals surface area contributed by atoms with E-state index in [4.69, 9.17) is 16.3 Å². The van der Waals surface area contributed by atoms with Crippen LogP contribution in [0.5, 0.6) is 5.75 Å². The molecule has 1 atom stereocenters. The maximum atomic E-state index is 13.0. The molecule has 1 aliphatic heterocycles. The lowest BCUT2D eigenvalue weighted by molar-refractivity contribution is -0.126. The molecule has 1 aliphatic rings. The largest absolute Gasteiger partial charge is 0.495 e. The molecule has 0 bridgehead atoms. The molecule has 0 spiro atoms. The third kappa shape index (κ3) is 5.29. The number of ether oxygens (including phenoxy) is 1. The van der Waals surface area contributed by atoms with Gasteiger partial charge in [-0.1, -0.05) is 41.9 Å². The van der Waals surface area contributed by atoms with Gasteiger partial charge in [-0.2, -0.15) is 4.31 Å². The number of sulfonamides is 1. The van der Waals surface area contributed by atoms with E-state index >= 15 is 0 Å². The van der Waals surface area contributed by atoms with E-state index in [0.29, 0.717) is 31.7 Å². The van der Waals surface area contributed by atoms with Crippen molar-refractivity contribution in [1.29, 1.82) is 0 Å². The minimum Gasteiger partial charge on any atom is -0.495 e. The molecule has 156 valence electrons. The highest BCUT2D eigenvalue weighted by Gasteiger charge is 2.33. The fourth-order valence-electron chi connectivity index (χ4n) is 3.45. The van der Waals surface area contributed by atoms with Crippen molar-refractivity contribution in [2.24, 2.45) is 5.92 Å². The van der Waals surface area contributed by atoms with E-state index in [1.54, 1.807) is 0 Å². The van der Waals surface area contributed by atoms with Gasteiger partial charge in [0.05, 0.1) is 22.9 Å². The SMILES string of the molecule is COc1ccc(S(=O)(=O)N2CCCC(C(=O)NCCc3ccccc3)C2)cc1Cl. The number of carbonyl (C=O) groups excluding carboxylic acids is 1. The molecule has 1 heterocycles. The molecule has 1 saturated heterocycles. The normalized spacial score (nSPS) is 17.7. The van der Waals surface area contributed by atoms with Crippen LogP contribution in [0.2, 0.25) is 5.02 Å². The van der Waals surface area contributed by atoms with Gasteiger partial charge >= 0.3 is 0 Å². The zero-order valence-corrected chi connectivity index (χ0v) is 17.9. The Kier molecular flexibility index (Phi) is 7.16. The van der Waals surface area contributed by atoms with E-state index in [9.17, 15) is 13.2 Å². The van der Waals surface area contributed by atoms with Gasteiger partial charge in [0, 0.05) is 19.6 Å². The van der Waals surface area contributed by atoms with Gasteiger partial charge in [-0.25, -0.2) is 8.42 Å². The number of methoxy groups -OCH3 is 1. The standard InChI is InChI=1S/C21H25ClN2O4S/c1-28-20-10-9-18(14-19(20)22)29(26,27)24-13-5-8-17(15-24)21(25)23-12-11-16-6-3-2-4-7-16/h2-4,6-7,9-10,14,17H,5,8,11-13,15H2,1H3,(H,23,25). The van der Waals surface area contributed by atoms with Crippen LogP contribution in [-0.2, 0) is 21.2 Å². The number of hydrogen-bond acceptors (Lipinski definition) is 4. The molecular weight excluding hydrogens is 412 g/mol. The molecule has 0 radical (unpaired) electrons. The second kappa shape index (κ2) is 9.61. The summed E-state index contributed by atoms with van der Waals surface area (Å²) < 4.78 is 32.5. The molecule has 8 heteroatoms. The van der Waals surface area contributed by atoms with E-state index < -0.39 is 10.0 Å². The second-order valence-electron chi connectivity index (χ2n) is 7.03. The zero-order chi connectivity index (χ0) is 20.9. The fraction of sp³-hybridized carbons (Fsp3) is 0.381. The van der Waals surface area contributed by atoms with Crippen LogP contribution in [0.25, 0.3) is 0 Å². The summed E-state index contributed by atoms with van der Waals surface area (Å²) in [6.45, 7) is 1.09. The molecule has 1 fully saturated rings. The topological polar surface area (TPSA) is 75.7 Å². The number of piperidine rings is 1. The Bertz CT molecular complexity index is 950. The Morgan fingerprint density at radius 3 is 2.69 bits per heavy atom. The molecule has 1 N–H and O–H groups in total. The lowest BCUT2D eigenvalue weighted by Gasteiger charge is -2.31. The molecule has 29 heavy (non-hydrogen) atoms. The van der Waals surface area contributed by atoms with Crippen LogP contribution >= 0.6 is 11.6 Å². The van der Waals surface area contributed by atoms with E-state index in [1.807, 2.05) is 30.3 Å². The molecule has 2 aromatic carbocycles. The second-order valence-corrected chi connectivity index (χ2v) is 9.37. The highest BCUT2D eigenvalue weighted by molar-refractivity contribution is 7.89. The maximum absolute atomic E-state index is 13.0. The number of benzene rings is 2. The number of nitrogens with zero attached hydrogens (tertiary/aromatic N) is 1. The van der Waals surface area contributed by atoms with Gasteiger partial charge in [0.25, 0.3) is 0 Å². The first-order valence-corrected chi connectivity index (χ1v) is 11.4. The quantitative estimate of drug-likeness (QED) is 0.723. The lowest BCUT2D eigenvalue weighted by Crippen LogP contribution is -2.45. The Hall–Kier alpha value is -2.09. The van der Waals surface area contributed by atoms with E-state index in [1.165, 1.54) is 29.6 Å². The first-order chi connectivity index (χ1) is 13.9. The van der Waals surface area contributed by atoms with Gasteiger partial charge in [0.1, 0.15) is 5.75 Å². The Morgan fingerprint density at radius 2 is 2.00 bits per heavy atom. The molecular formula is C21H25ClN2O4S. The van der Waals surface area contributed by atoms with Crippen LogP contribution in [-0.4, -0.2) is 45.4 Å². The predicted octanol–water partition coefficient (Wildman–Crippen LogP) is 3.11. The number of nitrogens with one attached hydrogen (secondary N) is 1. The summed E-state index contributed by atoms with van der Waals surface area (Å²) in [5.74, 6) is -0.0449. The molecule has 1 amide bonds. The summed E-state index contributed by atoms with van der Waals surface area (Å²) in [6, 6.07) is 14.3. The summed E-state index contributed by atoms with van der Waals surface area (Å²) in [5.41, 5.74) is 1.15. The third-order valence-corrected chi connectivity index (χ3v) is 7.23. The summed E-state index contributed by atoms with van der Waals surface area (Å²) in [6.07, 6.45) is 2.05. The first kappa shape index (κ1) is 21.6. The Morgan fingerprint density at radius 1 is 1.24 bits per heavy atom. The Labute approximate surface area is 176 Å². The molecule has 6 nitrogen and oxygen atoms in total. The van der Waals surface area contributed by atoms with Gasteiger partial charge in [-0.15, -0.1) is 0 Å².